The minimum atomic E-state index is -4.72. The van der Waals surface area contributed by atoms with E-state index in [4.69, 9.17) is 4.74 Å². The van der Waals surface area contributed by atoms with Crippen LogP contribution in [0.25, 0.3) is 0 Å². The summed E-state index contributed by atoms with van der Waals surface area (Å²) in [4.78, 5) is 14.6. The molecule has 0 spiro atoms. The second kappa shape index (κ2) is 8.78. The van der Waals surface area contributed by atoms with Crippen molar-refractivity contribution in [2.24, 2.45) is 0 Å². The first-order chi connectivity index (χ1) is 14.4. The van der Waals surface area contributed by atoms with Gasteiger partial charge in [0.25, 0.3) is 5.91 Å². The number of halogens is 6. The van der Waals surface area contributed by atoms with Crippen molar-refractivity contribution in [1.29, 1.82) is 0 Å². The Kier molecular flexibility index (Phi) is 6.49. The van der Waals surface area contributed by atoms with Crippen LogP contribution in [0, 0.1) is 0 Å². The van der Waals surface area contributed by atoms with Gasteiger partial charge >= 0.3 is 12.4 Å². The molecule has 0 atom stereocenters. The zero-order valence-electron chi connectivity index (χ0n) is 16.5. The molecular formula is C21H20F6N2O2. The maximum atomic E-state index is 13.3. The van der Waals surface area contributed by atoms with Crippen molar-refractivity contribution in [1.82, 2.24) is 4.90 Å². The number of nitrogens with zero attached hydrogens (tertiary/aromatic N) is 1. The van der Waals surface area contributed by atoms with Gasteiger partial charge in [-0.15, -0.1) is 0 Å². The molecule has 2 aromatic carbocycles. The molecule has 3 rings (SSSR count). The smallest absolute Gasteiger partial charge is 0.416 e. The Morgan fingerprint density at radius 2 is 1.61 bits per heavy atom. The molecule has 1 fully saturated rings. The van der Waals surface area contributed by atoms with Crippen molar-refractivity contribution in [3.63, 3.8) is 0 Å². The fourth-order valence-corrected chi connectivity index (χ4v) is 3.23. The molecule has 1 N–H and O–H groups in total. The SMILES string of the molecule is CN1CCC(Oc2cc(C(=O)Nc3cccc(C(F)(F)F)c3)cc(C(F)(F)F)c2)CC1. The van der Waals surface area contributed by atoms with Crippen LogP contribution in [0.5, 0.6) is 5.75 Å². The van der Waals surface area contributed by atoms with Crippen LogP contribution in [0.2, 0.25) is 0 Å². The van der Waals surface area contributed by atoms with Crippen LogP contribution in [0.1, 0.15) is 34.3 Å². The van der Waals surface area contributed by atoms with Crippen molar-refractivity contribution >= 4 is 11.6 Å². The molecule has 1 amide bonds. The molecule has 1 heterocycles. The molecule has 0 aliphatic carbocycles. The second-order valence-electron chi connectivity index (χ2n) is 7.40. The summed E-state index contributed by atoms with van der Waals surface area (Å²) >= 11 is 0. The van der Waals surface area contributed by atoms with Crippen LogP contribution in [-0.4, -0.2) is 37.0 Å². The first-order valence-electron chi connectivity index (χ1n) is 9.48. The molecule has 0 aromatic heterocycles. The van der Waals surface area contributed by atoms with Gasteiger partial charge in [-0.1, -0.05) is 6.07 Å². The van der Waals surface area contributed by atoms with Gasteiger partial charge in [0.1, 0.15) is 11.9 Å². The average Bonchev–Trinajstić information content (AvgIpc) is 2.68. The minimum absolute atomic E-state index is 0.112. The Hall–Kier alpha value is -2.75. The zero-order valence-corrected chi connectivity index (χ0v) is 16.5. The van der Waals surface area contributed by atoms with Gasteiger partial charge in [-0.05, 0) is 56.3 Å². The van der Waals surface area contributed by atoms with Gasteiger partial charge in [-0.2, -0.15) is 26.3 Å². The standard InChI is InChI=1S/C21H20F6N2O2/c1-29-7-5-17(6-8-29)31-18-10-13(9-15(12-18)21(25,26)27)19(30)28-16-4-2-3-14(11-16)20(22,23)24/h2-4,9-12,17H,5-8H2,1H3,(H,28,30). The number of anilines is 1. The normalized spacial score (nSPS) is 16.2. The zero-order chi connectivity index (χ0) is 22.8. The van der Waals surface area contributed by atoms with Crippen molar-refractivity contribution in [2.75, 3.05) is 25.5 Å². The maximum Gasteiger partial charge on any atom is 0.416 e. The molecular weight excluding hydrogens is 426 g/mol. The molecule has 31 heavy (non-hydrogen) atoms. The predicted molar refractivity (Wildman–Crippen MR) is 102 cm³/mol. The van der Waals surface area contributed by atoms with E-state index in [-0.39, 0.29) is 23.1 Å². The van der Waals surface area contributed by atoms with Crippen LogP contribution in [0.3, 0.4) is 0 Å². The molecule has 168 valence electrons. The third kappa shape index (κ3) is 6.13. The molecule has 4 nitrogen and oxygen atoms in total. The number of hydrogen-bond donors (Lipinski definition) is 1. The lowest BCUT2D eigenvalue weighted by molar-refractivity contribution is -0.138. The molecule has 1 aliphatic heterocycles. The number of rotatable bonds is 4. The summed E-state index contributed by atoms with van der Waals surface area (Å²) in [6.45, 7) is 1.46. The van der Waals surface area contributed by atoms with E-state index in [0.29, 0.717) is 25.0 Å². The van der Waals surface area contributed by atoms with E-state index in [0.717, 1.165) is 37.4 Å². The molecule has 1 aliphatic rings. The highest BCUT2D eigenvalue weighted by Crippen LogP contribution is 2.34. The molecule has 0 bridgehead atoms. The van der Waals surface area contributed by atoms with E-state index in [1.54, 1.807) is 0 Å². The molecule has 2 aromatic rings. The monoisotopic (exact) mass is 446 g/mol. The van der Waals surface area contributed by atoms with Crippen LogP contribution in [0.15, 0.2) is 42.5 Å². The summed E-state index contributed by atoms with van der Waals surface area (Å²) < 4.78 is 84.3. The largest absolute Gasteiger partial charge is 0.490 e. The number of carbonyl (C=O) groups is 1. The predicted octanol–water partition coefficient (Wildman–Crippen LogP) is 5.45. The Morgan fingerprint density at radius 3 is 2.23 bits per heavy atom. The van der Waals surface area contributed by atoms with Crippen LogP contribution < -0.4 is 10.1 Å². The summed E-state index contributed by atoms with van der Waals surface area (Å²) in [5.74, 6) is -1.09. The lowest BCUT2D eigenvalue weighted by Crippen LogP contribution is -2.35. The Labute approximate surface area is 174 Å². The number of ether oxygens (including phenoxy) is 1. The van der Waals surface area contributed by atoms with E-state index in [9.17, 15) is 31.1 Å². The van der Waals surface area contributed by atoms with Crippen molar-refractivity contribution < 1.29 is 35.9 Å². The van der Waals surface area contributed by atoms with E-state index in [1.807, 2.05) is 7.05 Å². The fourth-order valence-electron chi connectivity index (χ4n) is 3.23. The topological polar surface area (TPSA) is 41.6 Å². The van der Waals surface area contributed by atoms with Gasteiger partial charge in [0.2, 0.25) is 0 Å². The lowest BCUT2D eigenvalue weighted by atomic mass is 10.1. The number of carbonyl (C=O) groups excluding carboxylic acids is 1. The summed E-state index contributed by atoms with van der Waals surface area (Å²) in [6.07, 6.45) is -8.39. The number of amides is 1. The minimum Gasteiger partial charge on any atom is -0.490 e. The molecule has 1 saturated heterocycles. The second-order valence-corrected chi connectivity index (χ2v) is 7.40. The van der Waals surface area contributed by atoms with Gasteiger partial charge in [-0.3, -0.25) is 4.79 Å². The fraction of sp³-hybridized carbons (Fsp3) is 0.381. The quantitative estimate of drug-likeness (QED) is 0.636. The van der Waals surface area contributed by atoms with Crippen molar-refractivity contribution in [2.45, 2.75) is 31.3 Å². The summed E-state index contributed by atoms with van der Waals surface area (Å²) in [6, 6.07) is 6.48. The van der Waals surface area contributed by atoms with Crippen LogP contribution in [0.4, 0.5) is 32.0 Å². The molecule has 0 unspecified atom stereocenters. The van der Waals surface area contributed by atoms with Crippen molar-refractivity contribution in [3.8, 4) is 5.75 Å². The Morgan fingerprint density at radius 1 is 0.968 bits per heavy atom. The number of likely N-dealkylation sites (tertiary alicyclic amines) is 1. The lowest BCUT2D eigenvalue weighted by Gasteiger charge is -2.29. The summed E-state index contributed by atoms with van der Waals surface area (Å²) in [5.41, 5.74) is -2.61. The Bertz CT molecular complexity index is 934. The first-order valence-corrected chi connectivity index (χ1v) is 9.48. The third-order valence-corrected chi connectivity index (χ3v) is 4.91. The summed E-state index contributed by atoms with van der Waals surface area (Å²) in [5, 5.41) is 2.22. The van der Waals surface area contributed by atoms with Crippen LogP contribution >= 0.6 is 0 Å². The number of hydrogen-bond acceptors (Lipinski definition) is 3. The molecule has 0 radical (unpaired) electrons. The molecule has 0 saturated carbocycles. The average molecular weight is 446 g/mol. The number of nitrogens with one attached hydrogen (secondary N) is 1. The summed E-state index contributed by atoms with van der Waals surface area (Å²) in [7, 11) is 1.93. The van der Waals surface area contributed by atoms with Gasteiger partial charge in [0.15, 0.2) is 0 Å². The van der Waals surface area contributed by atoms with Crippen LogP contribution in [-0.2, 0) is 12.4 Å². The van der Waals surface area contributed by atoms with Gasteiger partial charge in [0.05, 0.1) is 11.1 Å². The third-order valence-electron chi connectivity index (χ3n) is 4.91. The van der Waals surface area contributed by atoms with Gasteiger partial charge in [0, 0.05) is 24.3 Å². The highest BCUT2D eigenvalue weighted by atomic mass is 19.4. The van der Waals surface area contributed by atoms with E-state index in [2.05, 4.69) is 10.2 Å². The Balaban J connectivity index is 1.84. The number of benzene rings is 2. The number of piperidine rings is 1. The van der Waals surface area contributed by atoms with Gasteiger partial charge < -0.3 is 15.0 Å². The highest BCUT2D eigenvalue weighted by molar-refractivity contribution is 6.04. The van der Waals surface area contributed by atoms with E-state index in [1.165, 1.54) is 6.07 Å². The van der Waals surface area contributed by atoms with Crippen molar-refractivity contribution in [3.05, 3.63) is 59.2 Å². The van der Waals surface area contributed by atoms with Gasteiger partial charge in [-0.25, -0.2) is 0 Å². The highest BCUT2D eigenvalue weighted by Gasteiger charge is 2.33. The number of alkyl halides is 6. The van der Waals surface area contributed by atoms with E-state index >= 15 is 0 Å². The van der Waals surface area contributed by atoms with E-state index < -0.39 is 29.4 Å². The maximum absolute atomic E-state index is 13.3. The molecule has 10 heteroatoms. The first kappa shape index (κ1) is 22.9.